The molecular formula is C9H20N2O5. The predicted octanol–water partition coefficient (Wildman–Crippen LogP) is -1.17. The molecule has 7 heteroatoms. The number of aliphatic hydroxyl groups is 1. The fourth-order valence-corrected chi connectivity index (χ4v) is 0.491. The Morgan fingerprint density at radius 1 is 0.938 bits per heavy atom. The molecule has 0 saturated heterocycles. The van der Waals surface area contributed by atoms with Crippen molar-refractivity contribution in [1.29, 1.82) is 0 Å². The van der Waals surface area contributed by atoms with Crippen LogP contribution in [0.25, 0.3) is 0 Å². The van der Waals surface area contributed by atoms with Gasteiger partial charge in [-0.25, -0.2) is 0 Å². The average molecular weight is 236 g/mol. The van der Waals surface area contributed by atoms with Crippen molar-refractivity contribution in [1.82, 2.24) is 0 Å². The summed E-state index contributed by atoms with van der Waals surface area (Å²) >= 11 is 0. The van der Waals surface area contributed by atoms with Crippen molar-refractivity contribution in [2.75, 3.05) is 0 Å². The van der Waals surface area contributed by atoms with Gasteiger partial charge in [-0.05, 0) is 12.8 Å². The Balaban J connectivity index is 0. The Bertz CT molecular complexity index is 206. The molecule has 96 valence electrons. The molecule has 0 aromatic rings. The van der Waals surface area contributed by atoms with Crippen LogP contribution in [0.4, 0.5) is 0 Å². The lowest BCUT2D eigenvalue weighted by Crippen LogP contribution is -2.39. The Morgan fingerprint density at radius 2 is 1.25 bits per heavy atom. The second kappa shape index (κ2) is 8.03. The molecule has 0 aliphatic carbocycles. The lowest BCUT2D eigenvalue weighted by molar-refractivity contribution is -0.141. The molecule has 0 bridgehead atoms. The van der Waals surface area contributed by atoms with Crippen molar-refractivity contribution in [3.63, 3.8) is 0 Å². The van der Waals surface area contributed by atoms with Crippen molar-refractivity contribution in [2.24, 2.45) is 17.4 Å². The highest BCUT2D eigenvalue weighted by atomic mass is 16.4. The quantitative estimate of drug-likeness (QED) is 0.413. The molecule has 0 unspecified atom stereocenters. The van der Waals surface area contributed by atoms with E-state index >= 15 is 0 Å². The summed E-state index contributed by atoms with van der Waals surface area (Å²) in [5, 5.41) is 24.8. The number of rotatable bonds is 4. The van der Waals surface area contributed by atoms with Gasteiger partial charge in [0.2, 0.25) is 0 Å². The summed E-state index contributed by atoms with van der Waals surface area (Å²) in [5.41, 5.74) is 10.1. The van der Waals surface area contributed by atoms with Crippen LogP contribution < -0.4 is 11.5 Å². The molecule has 0 aliphatic rings. The molecule has 0 aromatic carbocycles. The van der Waals surface area contributed by atoms with Crippen molar-refractivity contribution in [3.8, 4) is 0 Å². The van der Waals surface area contributed by atoms with Crippen LogP contribution in [0.15, 0.2) is 0 Å². The molecule has 0 fully saturated rings. The molecule has 0 spiro atoms. The van der Waals surface area contributed by atoms with Gasteiger partial charge in [0.05, 0.1) is 6.10 Å². The molecule has 0 aliphatic heterocycles. The van der Waals surface area contributed by atoms with E-state index in [0.717, 1.165) is 0 Å². The Morgan fingerprint density at radius 3 is 1.25 bits per heavy atom. The van der Waals surface area contributed by atoms with Gasteiger partial charge < -0.3 is 26.8 Å². The molecule has 0 heterocycles. The first-order chi connectivity index (χ1) is 7.11. The minimum Gasteiger partial charge on any atom is -0.480 e. The molecule has 0 rings (SSSR count). The smallest absolute Gasteiger partial charge is 0.323 e. The zero-order valence-electron chi connectivity index (χ0n) is 9.62. The van der Waals surface area contributed by atoms with E-state index in [1.807, 2.05) is 0 Å². The summed E-state index contributed by atoms with van der Waals surface area (Å²) < 4.78 is 0. The Kier molecular flexibility index (Phi) is 8.64. The van der Waals surface area contributed by atoms with E-state index in [0.29, 0.717) is 0 Å². The monoisotopic (exact) mass is 236 g/mol. The number of carbonyl (C=O) groups is 2. The van der Waals surface area contributed by atoms with Crippen LogP contribution in [0.5, 0.6) is 0 Å². The average Bonchev–Trinajstić information content (AvgIpc) is 2.15. The number of hydrogen-bond acceptors (Lipinski definition) is 5. The maximum absolute atomic E-state index is 10.0. The number of carboxylic acid groups (broad SMARTS) is 2. The highest BCUT2D eigenvalue weighted by molar-refractivity contribution is 5.73. The number of aliphatic hydroxyl groups excluding tert-OH is 1. The van der Waals surface area contributed by atoms with Crippen LogP contribution >= 0.6 is 0 Å². The van der Waals surface area contributed by atoms with Crippen molar-refractivity contribution >= 4 is 11.9 Å². The van der Waals surface area contributed by atoms with E-state index < -0.39 is 30.1 Å². The van der Waals surface area contributed by atoms with Crippen molar-refractivity contribution in [3.05, 3.63) is 0 Å². The van der Waals surface area contributed by atoms with E-state index in [1.165, 1.54) is 6.92 Å². The van der Waals surface area contributed by atoms with Crippen LogP contribution in [0, 0.1) is 5.92 Å². The first-order valence-electron chi connectivity index (χ1n) is 4.76. The van der Waals surface area contributed by atoms with Gasteiger partial charge in [-0.15, -0.1) is 0 Å². The maximum atomic E-state index is 10.0. The number of carboxylic acids is 2. The van der Waals surface area contributed by atoms with Gasteiger partial charge in [0.1, 0.15) is 12.1 Å². The predicted molar refractivity (Wildman–Crippen MR) is 57.7 cm³/mol. The van der Waals surface area contributed by atoms with Gasteiger partial charge in [-0.2, -0.15) is 0 Å². The lowest BCUT2D eigenvalue weighted by atomic mass is 10.1. The van der Waals surface area contributed by atoms with Crippen molar-refractivity contribution in [2.45, 2.75) is 39.0 Å². The molecule has 3 atom stereocenters. The van der Waals surface area contributed by atoms with E-state index in [9.17, 15) is 9.59 Å². The van der Waals surface area contributed by atoms with Gasteiger partial charge in [0.25, 0.3) is 0 Å². The SMILES string of the molecule is CC(C)[C@@H](N)C(=O)O.C[C@@H](O)[C@H](N)C(=O)O. The van der Waals surface area contributed by atoms with Crippen LogP contribution in [-0.2, 0) is 9.59 Å². The minimum atomic E-state index is -1.18. The molecule has 0 saturated carbocycles. The maximum Gasteiger partial charge on any atom is 0.323 e. The van der Waals surface area contributed by atoms with E-state index in [-0.39, 0.29) is 5.92 Å². The fraction of sp³-hybridized carbons (Fsp3) is 0.778. The molecule has 0 aromatic heterocycles. The van der Waals surface area contributed by atoms with E-state index in [2.05, 4.69) is 0 Å². The fourth-order valence-electron chi connectivity index (χ4n) is 0.491. The third-order valence-corrected chi connectivity index (χ3v) is 1.81. The Hall–Kier alpha value is -1.18. The number of aliphatic carboxylic acids is 2. The number of hydrogen-bond donors (Lipinski definition) is 5. The largest absolute Gasteiger partial charge is 0.480 e. The Labute approximate surface area is 94.1 Å². The van der Waals surface area contributed by atoms with Crippen LogP contribution in [-0.4, -0.2) is 45.4 Å². The second-order valence-electron chi connectivity index (χ2n) is 3.71. The lowest BCUT2D eigenvalue weighted by Gasteiger charge is -2.07. The molecule has 16 heavy (non-hydrogen) atoms. The van der Waals surface area contributed by atoms with Gasteiger partial charge in [0.15, 0.2) is 0 Å². The molecule has 7 N–H and O–H groups in total. The highest BCUT2D eigenvalue weighted by Gasteiger charge is 2.16. The summed E-state index contributed by atoms with van der Waals surface area (Å²) in [4.78, 5) is 19.9. The van der Waals surface area contributed by atoms with E-state index in [1.54, 1.807) is 13.8 Å². The summed E-state index contributed by atoms with van der Waals surface area (Å²) in [6.45, 7) is 4.89. The van der Waals surface area contributed by atoms with Crippen LogP contribution in [0.3, 0.4) is 0 Å². The highest BCUT2D eigenvalue weighted by Crippen LogP contribution is 1.96. The number of nitrogens with two attached hydrogens (primary N) is 2. The standard InChI is InChI=1S/C5H11NO2.C4H9NO3/c1-3(2)4(6)5(7)8;1-2(6)3(5)4(7)8/h3-4H,6H2,1-2H3,(H,7,8);2-3,6H,5H2,1H3,(H,7,8)/t4-;2-,3+/m11/s1. The molecule has 7 nitrogen and oxygen atoms in total. The van der Waals surface area contributed by atoms with Crippen LogP contribution in [0.1, 0.15) is 20.8 Å². The van der Waals surface area contributed by atoms with E-state index in [4.69, 9.17) is 26.8 Å². The summed E-state index contributed by atoms with van der Waals surface area (Å²) in [5.74, 6) is -2.09. The summed E-state index contributed by atoms with van der Waals surface area (Å²) in [6.07, 6.45) is -0.979. The third kappa shape index (κ3) is 8.16. The molecule has 0 radical (unpaired) electrons. The summed E-state index contributed by atoms with van der Waals surface area (Å²) in [7, 11) is 0. The zero-order chi connectivity index (χ0) is 13.5. The topological polar surface area (TPSA) is 147 Å². The zero-order valence-corrected chi connectivity index (χ0v) is 9.62. The minimum absolute atomic E-state index is 0.0208. The molecule has 0 amide bonds. The normalized spacial score (nSPS) is 15.7. The summed E-state index contributed by atoms with van der Waals surface area (Å²) in [6, 6.07) is -1.87. The van der Waals surface area contributed by atoms with Crippen LogP contribution in [0.2, 0.25) is 0 Å². The van der Waals surface area contributed by atoms with Gasteiger partial charge in [-0.1, -0.05) is 13.8 Å². The first kappa shape index (κ1) is 17.2. The second-order valence-corrected chi connectivity index (χ2v) is 3.71. The van der Waals surface area contributed by atoms with Gasteiger partial charge in [-0.3, -0.25) is 9.59 Å². The van der Waals surface area contributed by atoms with Gasteiger partial charge in [0, 0.05) is 0 Å². The molecular weight excluding hydrogens is 216 g/mol. The van der Waals surface area contributed by atoms with Crippen molar-refractivity contribution < 1.29 is 24.9 Å². The third-order valence-electron chi connectivity index (χ3n) is 1.81. The van der Waals surface area contributed by atoms with Gasteiger partial charge >= 0.3 is 11.9 Å². The first-order valence-corrected chi connectivity index (χ1v) is 4.76.